The van der Waals surface area contributed by atoms with E-state index in [4.69, 9.17) is 11.6 Å². The second kappa shape index (κ2) is 7.43. The molecule has 0 N–H and O–H groups in total. The number of benzene rings is 2. The van der Waals surface area contributed by atoms with E-state index in [0.29, 0.717) is 5.02 Å². The van der Waals surface area contributed by atoms with Gasteiger partial charge in [-0.3, -0.25) is 4.79 Å². The average Bonchev–Trinajstić information content (AvgIpc) is 2.71. The Labute approximate surface area is 168 Å². The van der Waals surface area contributed by atoms with Crippen LogP contribution >= 0.6 is 40.3 Å². The number of likely N-dealkylation sites (tertiary alicyclic amines) is 1. The molecule has 2 aliphatic rings. The third-order valence-electron chi connectivity index (χ3n) is 5.40. The molecule has 0 aromatic heterocycles. The van der Waals surface area contributed by atoms with Gasteiger partial charge in [0.05, 0.1) is 5.41 Å². The van der Waals surface area contributed by atoms with Crippen molar-refractivity contribution in [3.8, 4) is 0 Å². The van der Waals surface area contributed by atoms with Crippen LogP contribution in [0.4, 0.5) is 0 Å². The van der Waals surface area contributed by atoms with Gasteiger partial charge in [0.25, 0.3) is 0 Å². The van der Waals surface area contributed by atoms with Crippen molar-refractivity contribution in [2.75, 3.05) is 19.6 Å². The lowest BCUT2D eigenvalue weighted by molar-refractivity contribution is 0.0770. The number of carbonyl (C=O) groups excluding carboxylic acids is 1. The third-order valence-corrected chi connectivity index (χ3v) is 6.79. The van der Waals surface area contributed by atoms with Gasteiger partial charge < -0.3 is 4.90 Å². The molecule has 5 heteroatoms. The van der Waals surface area contributed by atoms with E-state index in [9.17, 15) is 4.79 Å². The minimum atomic E-state index is -0.412. The highest BCUT2D eigenvalue weighted by Crippen LogP contribution is 2.49. The van der Waals surface area contributed by atoms with E-state index in [1.807, 2.05) is 18.2 Å². The van der Waals surface area contributed by atoms with E-state index in [0.717, 1.165) is 42.9 Å². The van der Waals surface area contributed by atoms with Gasteiger partial charge in [0.1, 0.15) is 0 Å². The molecule has 0 bridgehead atoms. The van der Waals surface area contributed by atoms with Gasteiger partial charge in [-0.05, 0) is 62.3 Å². The molecule has 1 saturated heterocycles. The summed E-state index contributed by atoms with van der Waals surface area (Å²) >= 11 is 7.91. The number of carbonyl (C=O) groups is 1. The van der Waals surface area contributed by atoms with Gasteiger partial charge in [-0.1, -0.05) is 48.5 Å². The Morgan fingerprint density at radius 3 is 2.56 bits per heavy atom. The molecule has 0 aliphatic carbocycles. The maximum Gasteiger partial charge on any atom is 0.174 e. The van der Waals surface area contributed by atoms with Crippen molar-refractivity contribution in [2.45, 2.75) is 35.0 Å². The molecule has 0 unspecified atom stereocenters. The summed E-state index contributed by atoms with van der Waals surface area (Å²) in [4.78, 5) is 18.3. The van der Waals surface area contributed by atoms with Gasteiger partial charge in [-0.15, -0.1) is 17.0 Å². The molecule has 25 heavy (non-hydrogen) atoms. The summed E-state index contributed by atoms with van der Waals surface area (Å²) in [6.07, 6.45) is 1.76. The number of hydrogen-bond acceptors (Lipinski definition) is 3. The van der Waals surface area contributed by atoms with Gasteiger partial charge in [0.2, 0.25) is 0 Å². The lowest BCUT2D eigenvalue weighted by Gasteiger charge is -2.41. The minimum absolute atomic E-state index is 0. The molecule has 2 aromatic carbocycles. The van der Waals surface area contributed by atoms with Gasteiger partial charge in [0, 0.05) is 20.4 Å². The highest BCUT2D eigenvalue weighted by Gasteiger charge is 2.46. The molecule has 1 fully saturated rings. The molecule has 2 nitrogen and oxygen atoms in total. The summed E-state index contributed by atoms with van der Waals surface area (Å²) < 4.78 is 0. The van der Waals surface area contributed by atoms with Crippen molar-refractivity contribution >= 4 is 46.1 Å². The Morgan fingerprint density at radius 2 is 1.84 bits per heavy atom. The lowest BCUT2D eigenvalue weighted by Crippen LogP contribution is -2.47. The van der Waals surface area contributed by atoms with Crippen LogP contribution in [0.5, 0.6) is 0 Å². The Bertz CT molecular complexity index is 802. The number of fused-ring (bicyclic) bond motifs is 3. The van der Waals surface area contributed by atoms with Crippen LogP contribution in [-0.4, -0.2) is 30.3 Å². The van der Waals surface area contributed by atoms with Crippen LogP contribution < -0.4 is 0 Å². The van der Waals surface area contributed by atoms with Crippen LogP contribution in [0.25, 0.3) is 0 Å². The van der Waals surface area contributed by atoms with Gasteiger partial charge in [-0.2, -0.15) is 0 Å². The van der Waals surface area contributed by atoms with E-state index in [1.54, 1.807) is 11.8 Å². The lowest BCUT2D eigenvalue weighted by atomic mass is 9.68. The van der Waals surface area contributed by atoms with Crippen LogP contribution in [0.1, 0.15) is 35.7 Å². The van der Waals surface area contributed by atoms with Crippen molar-refractivity contribution in [3.05, 3.63) is 58.6 Å². The molecule has 2 aliphatic heterocycles. The van der Waals surface area contributed by atoms with E-state index in [-0.39, 0.29) is 22.8 Å². The zero-order valence-electron chi connectivity index (χ0n) is 14.1. The van der Waals surface area contributed by atoms with Gasteiger partial charge in [-0.25, -0.2) is 0 Å². The third kappa shape index (κ3) is 3.18. The molecular formula is C20H21BrClNOS. The number of rotatable bonds is 1. The van der Waals surface area contributed by atoms with E-state index in [2.05, 4.69) is 36.1 Å². The van der Waals surface area contributed by atoms with Gasteiger partial charge >= 0.3 is 0 Å². The van der Waals surface area contributed by atoms with Crippen LogP contribution in [0.15, 0.2) is 52.3 Å². The quantitative estimate of drug-likeness (QED) is 0.576. The Morgan fingerprint density at radius 1 is 1.12 bits per heavy atom. The highest BCUT2D eigenvalue weighted by atomic mass is 79.9. The van der Waals surface area contributed by atoms with Crippen molar-refractivity contribution in [3.63, 3.8) is 0 Å². The average molecular weight is 439 g/mol. The fourth-order valence-corrected chi connectivity index (χ4v) is 5.29. The zero-order valence-corrected chi connectivity index (χ0v) is 17.4. The molecule has 2 heterocycles. The Kier molecular flexibility index (Phi) is 5.64. The summed E-state index contributed by atoms with van der Waals surface area (Å²) in [5, 5.41) is 0.634. The summed E-state index contributed by atoms with van der Waals surface area (Å²) in [6, 6.07) is 14.1. The normalized spacial score (nSPS) is 18.9. The summed E-state index contributed by atoms with van der Waals surface area (Å²) in [7, 11) is 0. The van der Waals surface area contributed by atoms with Crippen LogP contribution in [0, 0.1) is 0 Å². The first-order chi connectivity index (χ1) is 11.6. The summed E-state index contributed by atoms with van der Waals surface area (Å²) in [6.45, 7) is 5.17. The van der Waals surface area contributed by atoms with Crippen molar-refractivity contribution in [2.24, 2.45) is 0 Å². The number of nitrogens with zero attached hydrogens (tertiary/aromatic N) is 1. The second-order valence-corrected chi connectivity index (χ2v) is 8.10. The fraction of sp³-hybridized carbons (Fsp3) is 0.350. The number of ketones is 1. The highest BCUT2D eigenvalue weighted by molar-refractivity contribution is 8.93. The standard InChI is InChI=1S/C20H20ClNOS.BrH/c1-2-22-11-9-20(10-12-22)16-5-3-4-6-18(16)24-17-8-7-14(21)13-15(17)19(20)23;/h3-8,13H,2,9-12H2,1H3;1H. The summed E-state index contributed by atoms with van der Waals surface area (Å²) in [5.74, 6) is 0.244. The van der Waals surface area contributed by atoms with E-state index >= 15 is 0 Å². The number of Topliss-reactive ketones (excluding diaryl/α,β-unsaturated/α-hetero) is 1. The predicted octanol–water partition coefficient (Wildman–Crippen LogP) is 5.62. The fourth-order valence-electron chi connectivity index (χ4n) is 3.97. The molecule has 0 amide bonds. The number of halogens is 2. The first-order valence-corrected chi connectivity index (χ1v) is 9.67. The van der Waals surface area contributed by atoms with Crippen LogP contribution in [-0.2, 0) is 5.41 Å². The second-order valence-electron chi connectivity index (χ2n) is 6.58. The molecule has 0 radical (unpaired) electrons. The molecule has 0 saturated carbocycles. The Balaban J connectivity index is 0.00000182. The predicted molar refractivity (Wildman–Crippen MR) is 110 cm³/mol. The minimum Gasteiger partial charge on any atom is -0.304 e. The molecular weight excluding hydrogens is 418 g/mol. The van der Waals surface area contributed by atoms with Crippen LogP contribution in [0.2, 0.25) is 5.02 Å². The molecule has 0 atom stereocenters. The van der Waals surface area contributed by atoms with Crippen LogP contribution in [0.3, 0.4) is 0 Å². The maximum atomic E-state index is 13.6. The SMILES string of the molecule is Br.CCN1CCC2(CC1)C(=O)c1cc(Cl)ccc1Sc1ccccc12. The Hall–Kier alpha value is -0.810. The van der Waals surface area contributed by atoms with E-state index in [1.165, 1.54) is 10.5 Å². The molecule has 132 valence electrons. The molecule has 2 aromatic rings. The first-order valence-electron chi connectivity index (χ1n) is 8.48. The van der Waals surface area contributed by atoms with Crippen molar-refractivity contribution in [1.29, 1.82) is 0 Å². The first kappa shape index (κ1) is 19.0. The summed E-state index contributed by atoms with van der Waals surface area (Å²) in [5.41, 5.74) is 1.57. The molecule has 4 rings (SSSR count). The van der Waals surface area contributed by atoms with Gasteiger partial charge in [0.15, 0.2) is 5.78 Å². The van der Waals surface area contributed by atoms with Crippen molar-refractivity contribution < 1.29 is 4.79 Å². The molecule has 1 spiro atoms. The zero-order chi connectivity index (χ0) is 16.7. The smallest absolute Gasteiger partial charge is 0.174 e. The van der Waals surface area contributed by atoms with E-state index < -0.39 is 5.41 Å². The largest absolute Gasteiger partial charge is 0.304 e. The van der Waals surface area contributed by atoms with Crippen molar-refractivity contribution in [1.82, 2.24) is 4.90 Å². The number of hydrogen-bond donors (Lipinski definition) is 0. The topological polar surface area (TPSA) is 20.3 Å². The number of piperidine rings is 1. The maximum absolute atomic E-state index is 13.6. The monoisotopic (exact) mass is 437 g/mol.